The number of nitrogen functional groups attached to an aromatic ring is 1. The van der Waals surface area contributed by atoms with E-state index >= 15 is 0 Å². The number of aromatic nitrogens is 3. The Morgan fingerprint density at radius 2 is 2.24 bits per heavy atom. The summed E-state index contributed by atoms with van der Waals surface area (Å²) in [5.41, 5.74) is 6.12. The van der Waals surface area contributed by atoms with Gasteiger partial charge in [0.2, 0.25) is 5.95 Å². The van der Waals surface area contributed by atoms with Gasteiger partial charge in [-0.1, -0.05) is 11.6 Å². The molecule has 90 valence electrons. The van der Waals surface area contributed by atoms with E-state index in [1.165, 1.54) is 11.3 Å². The Morgan fingerprint density at radius 1 is 1.41 bits per heavy atom. The number of aliphatic hydroxyl groups is 1. The number of rotatable bonds is 4. The second-order valence-electron chi connectivity index (χ2n) is 3.18. The van der Waals surface area contributed by atoms with Gasteiger partial charge in [-0.25, -0.2) is 9.97 Å². The van der Waals surface area contributed by atoms with Gasteiger partial charge in [0.05, 0.1) is 18.8 Å². The number of nitrogens with two attached hydrogens (primary N) is 1. The van der Waals surface area contributed by atoms with Crippen molar-refractivity contribution in [1.82, 2.24) is 15.0 Å². The Bertz CT molecular complexity index is 498. The molecule has 0 saturated carbocycles. The van der Waals surface area contributed by atoms with Gasteiger partial charge in [0.15, 0.2) is 0 Å². The summed E-state index contributed by atoms with van der Waals surface area (Å²) in [7, 11) is 0. The van der Waals surface area contributed by atoms with Crippen molar-refractivity contribution >= 4 is 34.7 Å². The SMILES string of the molecule is Nc1nc(Cl)cc(NCc2nc(CO)cs2)n1. The van der Waals surface area contributed by atoms with Crippen LogP contribution in [0.3, 0.4) is 0 Å². The number of halogens is 1. The van der Waals surface area contributed by atoms with Gasteiger partial charge in [-0.05, 0) is 0 Å². The van der Waals surface area contributed by atoms with Crippen LogP contribution in [0.1, 0.15) is 10.7 Å². The summed E-state index contributed by atoms with van der Waals surface area (Å²) in [5, 5.41) is 14.8. The molecule has 0 aliphatic carbocycles. The number of hydrogen-bond acceptors (Lipinski definition) is 7. The first kappa shape index (κ1) is 12.0. The van der Waals surface area contributed by atoms with Gasteiger partial charge < -0.3 is 16.2 Å². The third kappa shape index (κ3) is 3.26. The van der Waals surface area contributed by atoms with Crippen molar-refractivity contribution in [2.45, 2.75) is 13.2 Å². The number of hydrogen-bond donors (Lipinski definition) is 3. The zero-order valence-corrected chi connectivity index (χ0v) is 10.3. The number of aliphatic hydroxyl groups excluding tert-OH is 1. The van der Waals surface area contributed by atoms with Crippen molar-refractivity contribution in [2.75, 3.05) is 11.1 Å². The summed E-state index contributed by atoms with van der Waals surface area (Å²) in [4.78, 5) is 11.9. The van der Waals surface area contributed by atoms with E-state index in [4.69, 9.17) is 22.4 Å². The largest absolute Gasteiger partial charge is 0.390 e. The molecule has 0 amide bonds. The average Bonchev–Trinajstić information content (AvgIpc) is 2.73. The highest BCUT2D eigenvalue weighted by Gasteiger charge is 2.03. The minimum absolute atomic E-state index is 0.0528. The average molecular weight is 272 g/mol. The van der Waals surface area contributed by atoms with E-state index in [2.05, 4.69) is 20.3 Å². The summed E-state index contributed by atoms with van der Waals surface area (Å²) in [6.45, 7) is 0.445. The third-order valence-corrected chi connectivity index (χ3v) is 2.99. The molecule has 0 bridgehead atoms. The number of nitrogens with one attached hydrogen (secondary N) is 1. The van der Waals surface area contributed by atoms with Gasteiger partial charge >= 0.3 is 0 Å². The van der Waals surface area contributed by atoms with Gasteiger partial charge in [0.1, 0.15) is 16.0 Å². The van der Waals surface area contributed by atoms with E-state index in [9.17, 15) is 0 Å². The van der Waals surface area contributed by atoms with Gasteiger partial charge in [-0.2, -0.15) is 4.98 Å². The molecular formula is C9H10ClN5OS. The zero-order chi connectivity index (χ0) is 12.3. The van der Waals surface area contributed by atoms with E-state index in [0.717, 1.165) is 5.01 Å². The first-order chi connectivity index (χ1) is 8.17. The van der Waals surface area contributed by atoms with Gasteiger partial charge in [-0.15, -0.1) is 11.3 Å². The first-order valence-corrected chi connectivity index (χ1v) is 6.01. The maximum Gasteiger partial charge on any atom is 0.223 e. The number of thiazole rings is 1. The van der Waals surface area contributed by atoms with Crippen LogP contribution in [0.2, 0.25) is 5.15 Å². The Labute approximate surface area is 107 Å². The van der Waals surface area contributed by atoms with Crippen molar-refractivity contribution < 1.29 is 5.11 Å². The molecule has 0 radical (unpaired) electrons. The standard InChI is InChI=1S/C9H10ClN5OS/c10-6-1-7(15-9(11)14-6)12-2-8-13-5(3-16)4-17-8/h1,4,16H,2-3H2,(H3,11,12,14,15). The molecular weight excluding hydrogens is 262 g/mol. The van der Waals surface area contributed by atoms with Crippen LogP contribution in [0.25, 0.3) is 0 Å². The molecule has 8 heteroatoms. The van der Waals surface area contributed by atoms with Crippen LogP contribution in [0.5, 0.6) is 0 Å². The molecule has 2 aromatic rings. The van der Waals surface area contributed by atoms with E-state index in [-0.39, 0.29) is 17.7 Å². The lowest BCUT2D eigenvalue weighted by Gasteiger charge is -2.04. The monoisotopic (exact) mass is 271 g/mol. The summed E-state index contributed by atoms with van der Waals surface area (Å²) >= 11 is 7.20. The maximum atomic E-state index is 8.88. The summed E-state index contributed by atoms with van der Waals surface area (Å²) < 4.78 is 0. The van der Waals surface area contributed by atoms with Crippen LogP contribution in [0.4, 0.5) is 11.8 Å². The van der Waals surface area contributed by atoms with E-state index in [1.54, 1.807) is 11.4 Å². The fourth-order valence-corrected chi connectivity index (χ4v) is 2.11. The lowest BCUT2D eigenvalue weighted by molar-refractivity contribution is 0.277. The molecule has 2 heterocycles. The molecule has 4 N–H and O–H groups in total. The highest BCUT2D eigenvalue weighted by atomic mass is 35.5. The number of nitrogens with zero attached hydrogens (tertiary/aromatic N) is 3. The lowest BCUT2D eigenvalue weighted by atomic mass is 10.5. The topological polar surface area (TPSA) is 97.0 Å². The second-order valence-corrected chi connectivity index (χ2v) is 4.51. The van der Waals surface area contributed by atoms with Crippen molar-refractivity contribution in [3.63, 3.8) is 0 Å². The van der Waals surface area contributed by atoms with Crippen LogP contribution >= 0.6 is 22.9 Å². The fraction of sp³-hybridized carbons (Fsp3) is 0.222. The minimum Gasteiger partial charge on any atom is -0.390 e. The molecule has 0 aromatic carbocycles. The van der Waals surface area contributed by atoms with Crippen LogP contribution in [-0.4, -0.2) is 20.1 Å². The molecule has 0 saturated heterocycles. The van der Waals surface area contributed by atoms with Crippen LogP contribution in [-0.2, 0) is 13.2 Å². The van der Waals surface area contributed by atoms with Gasteiger partial charge in [0.25, 0.3) is 0 Å². The summed E-state index contributed by atoms with van der Waals surface area (Å²) in [5.74, 6) is 0.665. The van der Waals surface area contributed by atoms with E-state index < -0.39 is 0 Å². The lowest BCUT2D eigenvalue weighted by Crippen LogP contribution is -2.04. The third-order valence-electron chi connectivity index (χ3n) is 1.89. The first-order valence-electron chi connectivity index (χ1n) is 4.75. The maximum absolute atomic E-state index is 8.88. The Kier molecular flexibility index (Phi) is 3.72. The fourth-order valence-electron chi connectivity index (χ4n) is 1.19. The van der Waals surface area contributed by atoms with Gasteiger partial charge in [-0.3, -0.25) is 0 Å². The normalized spacial score (nSPS) is 10.5. The van der Waals surface area contributed by atoms with Crippen molar-refractivity contribution in [3.05, 3.63) is 27.3 Å². The Morgan fingerprint density at radius 3 is 2.88 bits per heavy atom. The van der Waals surface area contributed by atoms with Crippen LogP contribution in [0, 0.1) is 0 Å². The van der Waals surface area contributed by atoms with Gasteiger partial charge in [0, 0.05) is 11.4 Å². The molecule has 2 rings (SSSR count). The predicted molar refractivity (Wildman–Crippen MR) is 66.8 cm³/mol. The molecule has 0 aliphatic rings. The predicted octanol–water partition coefficient (Wildman–Crippen LogP) is 1.27. The minimum atomic E-state index is -0.0528. The molecule has 6 nitrogen and oxygen atoms in total. The highest BCUT2D eigenvalue weighted by molar-refractivity contribution is 7.09. The zero-order valence-electron chi connectivity index (χ0n) is 8.72. The Hall–Kier alpha value is -1.44. The van der Waals surface area contributed by atoms with Crippen molar-refractivity contribution in [1.29, 1.82) is 0 Å². The number of anilines is 2. The molecule has 0 aliphatic heterocycles. The quantitative estimate of drug-likeness (QED) is 0.725. The van der Waals surface area contributed by atoms with Crippen LogP contribution in [0.15, 0.2) is 11.4 Å². The summed E-state index contributed by atoms with van der Waals surface area (Å²) in [6.07, 6.45) is 0. The second kappa shape index (κ2) is 5.26. The molecule has 0 spiro atoms. The molecule has 2 aromatic heterocycles. The molecule has 17 heavy (non-hydrogen) atoms. The molecule has 0 unspecified atom stereocenters. The Balaban J connectivity index is 2.01. The molecule has 0 atom stereocenters. The molecule has 0 fully saturated rings. The van der Waals surface area contributed by atoms with Crippen molar-refractivity contribution in [2.24, 2.45) is 0 Å². The van der Waals surface area contributed by atoms with E-state index in [1.807, 2.05) is 0 Å². The van der Waals surface area contributed by atoms with E-state index in [0.29, 0.717) is 18.1 Å². The smallest absolute Gasteiger partial charge is 0.223 e. The highest BCUT2D eigenvalue weighted by Crippen LogP contribution is 2.15. The summed E-state index contributed by atoms with van der Waals surface area (Å²) in [6, 6.07) is 1.58. The van der Waals surface area contributed by atoms with Crippen molar-refractivity contribution in [3.8, 4) is 0 Å². The van der Waals surface area contributed by atoms with Crippen LogP contribution < -0.4 is 11.1 Å².